The van der Waals surface area contributed by atoms with Gasteiger partial charge in [0.15, 0.2) is 5.78 Å². The van der Waals surface area contributed by atoms with Crippen LogP contribution < -0.4 is 4.74 Å². The predicted octanol–water partition coefficient (Wildman–Crippen LogP) is 1.26. The van der Waals surface area contributed by atoms with Crippen LogP contribution in [0.4, 0.5) is 0 Å². The van der Waals surface area contributed by atoms with Crippen molar-refractivity contribution < 1.29 is 14.6 Å². The molecule has 0 aromatic heterocycles. The Balaban J connectivity index is 2.82. The monoisotopic (exact) mass is 180 g/mol. The lowest BCUT2D eigenvalue weighted by Gasteiger charge is -2.02. The Morgan fingerprint density at radius 3 is 2.92 bits per heavy atom. The molecule has 0 aliphatic heterocycles. The summed E-state index contributed by atoms with van der Waals surface area (Å²) in [7, 11) is 1.55. The second kappa shape index (κ2) is 4.62. The van der Waals surface area contributed by atoms with Crippen molar-refractivity contribution in [2.24, 2.45) is 0 Å². The number of hydrogen-bond donors (Lipinski definition) is 1. The van der Waals surface area contributed by atoms with Gasteiger partial charge in [0.05, 0.1) is 13.7 Å². The number of ether oxygens (including phenoxy) is 1. The van der Waals surface area contributed by atoms with Gasteiger partial charge in [-0.2, -0.15) is 0 Å². The number of hydrogen-bond acceptors (Lipinski definition) is 3. The van der Waals surface area contributed by atoms with Gasteiger partial charge in [0, 0.05) is 12.0 Å². The number of methoxy groups -OCH3 is 1. The highest BCUT2D eigenvalue weighted by Gasteiger charge is 2.04. The van der Waals surface area contributed by atoms with Crippen molar-refractivity contribution >= 4 is 5.78 Å². The van der Waals surface area contributed by atoms with E-state index in [0.717, 1.165) is 0 Å². The minimum Gasteiger partial charge on any atom is -0.497 e. The van der Waals surface area contributed by atoms with E-state index in [1.165, 1.54) is 0 Å². The Morgan fingerprint density at radius 1 is 1.54 bits per heavy atom. The smallest absolute Gasteiger partial charge is 0.165 e. The quantitative estimate of drug-likeness (QED) is 0.709. The third kappa shape index (κ3) is 2.56. The molecule has 0 spiro atoms. The fourth-order valence-corrected chi connectivity index (χ4v) is 1.04. The summed E-state index contributed by atoms with van der Waals surface area (Å²) < 4.78 is 4.97. The number of carbonyl (C=O) groups is 1. The highest BCUT2D eigenvalue weighted by molar-refractivity contribution is 5.96. The molecule has 0 saturated carbocycles. The Hall–Kier alpha value is -1.35. The van der Waals surface area contributed by atoms with E-state index in [1.54, 1.807) is 31.4 Å². The number of Topliss-reactive ketones (excluding diaryl/α,β-unsaturated/α-hetero) is 1. The Labute approximate surface area is 77.0 Å². The SMILES string of the molecule is COc1cccc(C(=O)CCO)c1. The van der Waals surface area contributed by atoms with E-state index in [2.05, 4.69) is 0 Å². The van der Waals surface area contributed by atoms with Gasteiger partial charge in [0.25, 0.3) is 0 Å². The van der Waals surface area contributed by atoms with Crippen molar-refractivity contribution in [2.75, 3.05) is 13.7 Å². The van der Waals surface area contributed by atoms with Crippen LogP contribution in [0.1, 0.15) is 16.8 Å². The zero-order valence-electron chi connectivity index (χ0n) is 7.49. The lowest BCUT2D eigenvalue weighted by Crippen LogP contribution is -2.01. The summed E-state index contributed by atoms with van der Waals surface area (Å²) in [5, 5.41) is 8.57. The highest BCUT2D eigenvalue weighted by Crippen LogP contribution is 2.13. The van der Waals surface area contributed by atoms with Gasteiger partial charge >= 0.3 is 0 Å². The molecule has 0 saturated heterocycles. The van der Waals surface area contributed by atoms with Crippen molar-refractivity contribution in [1.29, 1.82) is 0 Å². The van der Waals surface area contributed by atoms with Crippen LogP contribution in [0, 0.1) is 0 Å². The molecule has 3 nitrogen and oxygen atoms in total. The first-order chi connectivity index (χ1) is 6.27. The third-order valence-corrected chi connectivity index (χ3v) is 1.73. The summed E-state index contributed by atoms with van der Waals surface area (Å²) in [4.78, 5) is 11.3. The average molecular weight is 180 g/mol. The zero-order chi connectivity index (χ0) is 9.68. The molecule has 1 aromatic carbocycles. The highest BCUT2D eigenvalue weighted by atomic mass is 16.5. The number of rotatable bonds is 4. The molecule has 0 atom stereocenters. The summed E-state index contributed by atoms with van der Waals surface area (Å²) >= 11 is 0. The lowest BCUT2D eigenvalue weighted by molar-refractivity contribution is 0.0956. The van der Waals surface area contributed by atoms with Gasteiger partial charge in [-0.25, -0.2) is 0 Å². The van der Waals surface area contributed by atoms with Crippen LogP contribution in [-0.2, 0) is 0 Å². The molecule has 13 heavy (non-hydrogen) atoms. The molecule has 0 bridgehead atoms. The molecule has 1 aromatic rings. The molecule has 0 radical (unpaired) electrons. The van der Waals surface area contributed by atoms with Crippen LogP contribution in [-0.4, -0.2) is 24.6 Å². The maximum Gasteiger partial charge on any atom is 0.165 e. The molecular formula is C10H12O3. The van der Waals surface area contributed by atoms with Gasteiger partial charge in [0.1, 0.15) is 5.75 Å². The number of carbonyl (C=O) groups excluding carboxylic acids is 1. The summed E-state index contributed by atoms with van der Waals surface area (Å²) in [5.74, 6) is 0.588. The van der Waals surface area contributed by atoms with E-state index < -0.39 is 0 Å². The maximum atomic E-state index is 11.3. The molecule has 1 N–H and O–H groups in total. The van der Waals surface area contributed by atoms with Crippen LogP contribution in [0.3, 0.4) is 0 Å². The molecule has 0 aliphatic carbocycles. The van der Waals surface area contributed by atoms with Crippen LogP contribution >= 0.6 is 0 Å². The number of aliphatic hydroxyl groups is 1. The molecule has 0 unspecified atom stereocenters. The fourth-order valence-electron chi connectivity index (χ4n) is 1.04. The van der Waals surface area contributed by atoms with Gasteiger partial charge in [0.2, 0.25) is 0 Å². The zero-order valence-corrected chi connectivity index (χ0v) is 7.49. The van der Waals surface area contributed by atoms with Crippen molar-refractivity contribution in [3.05, 3.63) is 29.8 Å². The second-order valence-electron chi connectivity index (χ2n) is 2.63. The summed E-state index contributed by atoms with van der Waals surface area (Å²) in [6.07, 6.45) is 0.160. The van der Waals surface area contributed by atoms with Crippen LogP contribution in [0.2, 0.25) is 0 Å². The van der Waals surface area contributed by atoms with Gasteiger partial charge in [-0.1, -0.05) is 12.1 Å². The topological polar surface area (TPSA) is 46.5 Å². The predicted molar refractivity (Wildman–Crippen MR) is 49.0 cm³/mol. The molecule has 70 valence electrons. The van der Waals surface area contributed by atoms with Gasteiger partial charge < -0.3 is 9.84 Å². The Bertz CT molecular complexity index is 294. The minimum absolute atomic E-state index is 0.0681. The number of aliphatic hydroxyl groups excluding tert-OH is 1. The van der Waals surface area contributed by atoms with Crippen LogP contribution in [0.15, 0.2) is 24.3 Å². The average Bonchev–Trinajstić information content (AvgIpc) is 2.18. The normalized spacial score (nSPS) is 9.69. The standard InChI is InChI=1S/C10H12O3/c1-13-9-4-2-3-8(7-9)10(12)5-6-11/h2-4,7,11H,5-6H2,1H3. The first-order valence-corrected chi connectivity index (χ1v) is 4.06. The molecule has 0 fully saturated rings. The van der Waals surface area contributed by atoms with Gasteiger partial charge in [-0.05, 0) is 12.1 Å². The molecule has 0 amide bonds. The summed E-state index contributed by atoms with van der Waals surface area (Å²) in [6.45, 7) is -0.115. The van der Waals surface area contributed by atoms with Crippen LogP contribution in [0.25, 0.3) is 0 Å². The number of ketones is 1. The first kappa shape index (κ1) is 9.74. The second-order valence-corrected chi connectivity index (χ2v) is 2.63. The minimum atomic E-state index is -0.115. The van der Waals surface area contributed by atoms with E-state index in [0.29, 0.717) is 11.3 Å². The molecule has 1 rings (SSSR count). The summed E-state index contributed by atoms with van der Waals surface area (Å²) in [5.41, 5.74) is 0.577. The fraction of sp³-hybridized carbons (Fsp3) is 0.300. The van der Waals surface area contributed by atoms with E-state index in [1.807, 2.05) is 0 Å². The van der Waals surface area contributed by atoms with E-state index in [-0.39, 0.29) is 18.8 Å². The molecule has 0 aliphatic rings. The van der Waals surface area contributed by atoms with E-state index in [4.69, 9.17) is 9.84 Å². The van der Waals surface area contributed by atoms with Crippen molar-refractivity contribution in [2.45, 2.75) is 6.42 Å². The van der Waals surface area contributed by atoms with Crippen LogP contribution in [0.5, 0.6) is 5.75 Å². The van der Waals surface area contributed by atoms with Gasteiger partial charge in [-0.3, -0.25) is 4.79 Å². The Morgan fingerprint density at radius 2 is 2.31 bits per heavy atom. The Kier molecular flexibility index (Phi) is 3.46. The van der Waals surface area contributed by atoms with Crippen molar-refractivity contribution in [3.8, 4) is 5.75 Å². The van der Waals surface area contributed by atoms with E-state index >= 15 is 0 Å². The van der Waals surface area contributed by atoms with Gasteiger partial charge in [-0.15, -0.1) is 0 Å². The summed E-state index contributed by atoms with van der Waals surface area (Å²) in [6, 6.07) is 6.90. The van der Waals surface area contributed by atoms with Crippen molar-refractivity contribution in [1.82, 2.24) is 0 Å². The molecule has 3 heteroatoms. The van der Waals surface area contributed by atoms with Crippen molar-refractivity contribution in [3.63, 3.8) is 0 Å². The lowest BCUT2D eigenvalue weighted by atomic mass is 10.1. The largest absolute Gasteiger partial charge is 0.497 e. The molecular weight excluding hydrogens is 168 g/mol. The maximum absolute atomic E-state index is 11.3. The first-order valence-electron chi connectivity index (χ1n) is 4.06. The van der Waals surface area contributed by atoms with E-state index in [9.17, 15) is 4.79 Å². The third-order valence-electron chi connectivity index (χ3n) is 1.73. The molecule has 0 heterocycles. The number of benzene rings is 1.